The molecule has 36 heavy (non-hydrogen) atoms. The van der Waals surface area contributed by atoms with Crippen molar-refractivity contribution in [1.29, 1.82) is 0 Å². The molecule has 5 rings (SSSR count). The topological polar surface area (TPSA) is 33.1 Å². The lowest BCUT2D eigenvalue weighted by molar-refractivity contribution is -0.137. The van der Waals surface area contributed by atoms with Gasteiger partial charge in [0, 0.05) is 23.3 Å². The molecule has 0 spiro atoms. The van der Waals surface area contributed by atoms with Crippen molar-refractivity contribution in [2.24, 2.45) is 0 Å². The third-order valence-electron chi connectivity index (χ3n) is 6.62. The molecule has 2 aromatic heterocycles. The average molecular weight is 507 g/mol. The number of aryl methyl sites for hydroxylation is 2. The smallest absolute Gasteiger partial charge is 0.351 e. The number of alkyl halides is 3. The number of hydrogen-bond acceptors (Lipinski definition) is 2. The summed E-state index contributed by atoms with van der Waals surface area (Å²) >= 11 is 5.80. The Labute approximate surface area is 213 Å². The second-order valence-electron chi connectivity index (χ2n) is 9.01. The molecule has 1 aliphatic heterocycles. The van der Waals surface area contributed by atoms with Crippen LogP contribution in [0.3, 0.4) is 0 Å². The summed E-state index contributed by atoms with van der Waals surface area (Å²) in [6, 6.07) is 20.8. The van der Waals surface area contributed by atoms with Crippen molar-refractivity contribution >= 4 is 23.0 Å². The maximum atomic E-state index is 13.9. The van der Waals surface area contributed by atoms with E-state index in [0.717, 1.165) is 34.3 Å². The highest BCUT2D eigenvalue weighted by Gasteiger charge is 2.43. The van der Waals surface area contributed by atoms with E-state index in [4.69, 9.17) is 12.2 Å². The number of para-hydroxylation sites is 1. The van der Waals surface area contributed by atoms with Crippen LogP contribution < -0.4 is 10.2 Å². The minimum absolute atomic E-state index is 0.108. The molecule has 184 valence electrons. The number of nitrogens with one attached hydrogen (secondary N) is 1. The van der Waals surface area contributed by atoms with Gasteiger partial charge in [0.05, 0.1) is 29.0 Å². The Morgan fingerprint density at radius 1 is 0.917 bits per heavy atom. The van der Waals surface area contributed by atoms with Gasteiger partial charge in [-0.25, -0.2) is 0 Å². The van der Waals surface area contributed by atoms with E-state index in [0.29, 0.717) is 10.8 Å². The molecular weight excluding hydrogens is 481 g/mol. The Morgan fingerprint density at radius 2 is 1.67 bits per heavy atom. The third-order valence-corrected chi connectivity index (χ3v) is 6.93. The Morgan fingerprint density at radius 3 is 2.36 bits per heavy atom. The van der Waals surface area contributed by atoms with Gasteiger partial charge in [0.15, 0.2) is 5.11 Å². The van der Waals surface area contributed by atoms with Crippen molar-refractivity contribution in [1.82, 2.24) is 14.9 Å². The molecule has 1 aliphatic rings. The summed E-state index contributed by atoms with van der Waals surface area (Å²) in [7, 11) is 0. The molecule has 1 N–H and O–H groups in total. The number of pyridine rings is 1. The van der Waals surface area contributed by atoms with E-state index in [-0.39, 0.29) is 17.8 Å². The summed E-state index contributed by atoms with van der Waals surface area (Å²) in [5.74, 6) is 0. The lowest BCUT2D eigenvalue weighted by atomic mass is 9.96. The van der Waals surface area contributed by atoms with E-state index < -0.39 is 11.7 Å². The normalized spacial score (nSPS) is 17.9. The summed E-state index contributed by atoms with van der Waals surface area (Å²) in [6.45, 7) is 5.71. The van der Waals surface area contributed by atoms with Gasteiger partial charge in [-0.1, -0.05) is 30.3 Å². The van der Waals surface area contributed by atoms with Crippen LogP contribution in [0.5, 0.6) is 0 Å². The standard InChI is InChI=1S/C28H25F3N4S/c1-17-9-8-10-20(15-17)35-26(25(33-27(35)36)23-12-6-7-14-32-23)21-16-18(2)34(19(21)3)24-13-5-4-11-22(24)28(29,30)31/h4-16,25-26H,1-3H3,(H,33,36)/t25-,26-/m1/s1. The van der Waals surface area contributed by atoms with Gasteiger partial charge in [-0.05, 0) is 86.6 Å². The first-order valence-electron chi connectivity index (χ1n) is 11.6. The first kappa shape index (κ1) is 24.1. The highest BCUT2D eigenvalue weighted by atomic mass is 32.1. The molecule has 2 atom stereocenters. The lowest BCUT2D eigenvalue weighted by Gasteiger charge is -2.28. The van der Waals surface area contributed by atoms with Crippen molar-refractivity contribution in [2.45, 2.75) is 39.0 Å². The Kier molecular flexibility index (Phi) is 6.08. The molecule has 0 amide bonds. The lowest BCUT2D eigenvalue weighted by Crippen LogP contribution is -2.29. The fraction of sp³-hybridized carbons (Fsp3) is 0.214. The summed E-state index contributed by atoms with van der Waals surface area (Å²) in [5.41, 5.74) is 4.55. The Balaban J connectivity index is 1.71. The van der Waals surface area contributed by atoms with Crippen LogP contribution in [0.15, 0.2) is 79.0 Å². The average Bonchev–Trinajstić information content (AvgIpc) is 3.34. The first-order valence-corrected chi connectivity index (χ1v) is 12.0. The van der Waals surface area contributed by atoms with Gasteiger partial charge in [0.25, 0.3) is 0 Å². The third kappa shape index (κ3) is 4.15. The van der Waals surface area contributed by atoms with Crippen LogP contribution >= 0.6 is 12.2 Å². The monoisotopic (exact) mass is 506 g/mol. The number of aromatic nitrogens is 2. The van der Waals surface area contributed by atoms with Gasteiger partial charge in [-0.15, -0.1) is 0 Å². The van der Waals surface area contributed by atoms with Crippen LogP contribution in [-0.4, -0.2) is 14.7 Å². The largest absolute Gasteiger partial charge is 0.418 e. The number of benzene rings is 2. The summed E-state index contributed by atoms with van der Waals surface area (Å²) in [6.07, 6.45) is -2.74. The molecule has 1 fully saturated rings. The Bertz CT molecular complexity index is 1430. The van der Waals surface area contributed by atoms with Crippen molar-refractivity contribution < 1.29 is 13.2 Å². The van der Waals surface area contributed by atoms with E-state index in [9.17, 15) is 13.2 Å². The number of rotatable bonds is 4. The Hall–Kier alpha value is -3.65. The zero-order chi connectivity index (χ0) is 25.6. The maximum Gasteiger partial charge on any atom is 0.418 e. The summed E-state index contributed by atoms with van der Waals surface area (Å²) in [4.78, 5) is 6.62. The SMILES string of the molecule is Cc1cccc(N2C(=S)N[C@H](c3ccccn3)[C@H]2c2cc(C)n(-c3ccccc3C(F)(F)F)c2C)c1. The number of nitrogens with zero attached hydrogens (tertiary/aromatic N) is 3. The highest BCUT2D eigenvalue weighted by Crippen LogP contribution is 2.44. The van der Waals surface area contributed by atoms with E-state index in [1.165, 1.54) is 12.1 Å². The van der Waals surface area contributed by atoms with E-state index >= 15 is 0 Å². The van der Waals surface area contributed by atoms with Crippen LogP contribution in [0.4, 0.5) is 18.9 Å². The molecule has 3 heterocycles. The number of hydrogen-bond donors (Lipinski definition) is 1. The van der Waals surface area contributed by atoms with Crippen LogP contribution in [0.2, 0.25) is 0 Å². The van der Waals surface area contributed by atoms with Gasteiger partial charge >= 0.3 is 6.18 Å². The predicted molar refractivity (Wildman–Crippen MR) is 139 cm³/mol. The molecule has 1 saturated heterocycles. The summed E-state index contributed by atoms with van der Waals surface area (Å²) in [5, 5.41) is 3.97. The molecular formula is C28H25F3N4S. The van der Waals surface area contributed by atoms with Crippen molar-refractivity contribution in [3.63, 3.8) is 0 Å². The van der Waals surface area contributed by atoms with E-state index in [1.807, 2.05) is 68.1 Å². The maximum absolute atomic E-state index is 13.9. The molecule has 0 saturated carbocycles. The molecule has 0 unspecified atom stereocenters. The minimum Gasteiger partial charge on any atom is -0.351 e. The van der Waals surface area contributed by atoms with Gasteiger partial charge < -0.3 is 14.8 Å². The van der Waals surface area contributed by atoms with E-state index in [2.05, 4.69) is 16.4 Å². The number of thiocarbonyl (C=S) groups is 1. The second kappa shape index (κ2) is 9.09. The molecule has 2 aromatic carbocycles. The number of anilines is 1. The quantitative estimate of drug-likeness (QED) is 0.302. The van der Waals surface area contributed by atoms with Gasteiger partial charge in [0.1, 0.15) is 0 Å². The number of halogens is 3. The molecule has 8 heteroatoms. The fourth-order valence-electron chi connectivity index (χ4n) is 5.09. The zero-order valence-corrected chi connectivity index (χ0v) is 20.9. The molecule has 4 nitrogen and oxygen atoms in total. The molecule has 4 aromatic rings. The first-order chi connectivity index (χ1) is 17.2. The van der Waals surface area contributed by atoms with Crippen molar-refractivity contribution in [3.8, 4) is 5.69 Å². The molecule has 0 bridgehead atoms. The van der Waals surface area contributed by atoms with Crippen LogP contribution in [0.1, 0.15) is 45.9 Å². The van der Waals surface area contributed by atoms with Crippen LogP contribution in [0, 0.1) is 20.8 Å². The minimum atomic E-state index is -4.47. The van der Waals surface area contributed by atoms with Crippen molar-refractivity contribution in [2.75, 3.05) is 4.90 Å². The van der Waals surface area contributed by atoms with Crippen LogP contribution in [-0.2, 0) is 6.18 Å². The van der Waals surface area contributed by atoms with Crippen LogP contribution in [0.25, 0.3) is 5.69 Å². The predicted octanol–water partition coefficient (Wildman–Crippen LogP) is 6.99. The highest BCUT2D eigenvalue weighted by molar-refractivity contribution is 7.80. The zero-order valence-electron chi connectivity index (χ0n) is 20.0. The van der Waals surface area contributed by atoms with E-state index in [1.54, 1.807) is 16.8 Å². The van der Waals surface area contributed by atoms with Crippen molar-refractivity contribution in [3.05, 3.63) is 113 Å². The van der Waals surface area contributed by atoms with Gasteiger partial charge in [0.2, 0.25) is 0 Å². The second-order valence-corrected chi connectivity index (χ2v) is 9.40. The molecule has 0 radical (unpaired) electrons. The fourth-order valence-corrected chi connectivity index (χ4v) is 5.44. The summed E-state index contributed by atoms with van der Waals surface area (Å²) < 4.78 is 43.4. The molecule has 0 aliphatic carbocycles. The van der Waals surface area contributed by atoms with Gasteiger partial charge in [-0.3, -0.25) is 4.98 Å². The van der Waals surface area contributed by atoms with Gasteiger partial charge in [-0.2, -0.15) is 13.2 Å².